The van der Waals surface area contributed by atoms with E-state index in [1.54, 1.807) is 4.90 Å². The highest BCUT2D eigenvalue weighted by atomic mass is 19.1. The van der Waals surface area contributed by atoms with Crippen LogP contribution < -0.4 is 5.73 Å². The number of benzene rings is 1. The summed E-state index contributed by atoms with van der Waals surface area (Å²) < 4.78 is 26.6. The van der Waals surface area contributed by atoms with Gasteiger partial charge >= 0.3 is 0 Å². The van der Waals surface area contributed by atoms with Crippen molar-refractivity contribution in [2.75, 3.05) is 19.6 Å². The van der Waals surface area contributed by atoms with Crippen molar-refractivity contribution in [1.29, 1.82) is 0 Å². The van der Waals surface area contributed by atoms with Crippen LogP contribution in [0.2, 0.25) is 0 Å². The molecule has 0 spiro atoms. The third kappa shape index (κ3) is 2.44. The number of amides is 1. The molecule has 1 fully saturated rings. The number of hydrogen-bond donors (Lipinski definition) is 1. The lowest BCUT2D eigenvalue weighted by Crippen LogP contribution is -2.53. The molecule has 92 valence electrons. The minimum Gasteiger partial charge on any atom is -0.342 e. The number of nitrogens with two attached hydrogens (primary N) is 1. The average molecular weight is 240 g/mol. The van der Waals surface area contributed by atoms with Crippen molar-refractivity contribution in [3.63, 3.8) is 0 Å². The molecule has 1 aromatic rings. The van der Waals surface area contributed by atoms with Crippen LogP contribution in [-0.2, 0) is 11.2 Å². The van der Waals surface area contributed by atoms with Crippen molar-refractivity contribution in [2.24, 2.45) is 11.7 Å². The van der Waals surface area contributed by atoms with Gasteiger partial charge in [0.15, 0.2) is 0 Å². The number of nitrogens with zero attached hydrogens (tertiary/aromatic N) is 1. The van der Waals surface area contributed by atoms with Gasteiger partial charge in [-0.1, -0.05) is 6.07 Å². The van der Waals surface area contributed by atoms with Gasteiger partial charge < -0.3 is 10.6 Å². The lowest BCUT2D eigenvalue weighted by Gasteiger charge is -2.38. The van der Waals surface area contributed by atoms with Crippen LogP contribution >= 0.6 is 0 Å². The van der Waals surface area contributed by atoms with E-state index in [0.29, 0.717) is 25.6 Å². The summed E-state index contributed by atoms with van der Waals surface area (Å²) in [4.78, 5) is 13.3. The summed E-state index contributed by atoms with van der Waals surface area (Å²) >= 11 is 0. The van der Waals surface area contributed by atoms with Gasteiger partial charge in [-0.05, 0) is 18.7 Å². The maximum atomic E-state index is 13.3. The van der Waals surface area contributed by atoms with Gasteiger partial charge in [0.25, 0.3) is 0 Å². The molecule has 0 bridgehead atoms. The van der Waals surface area contributed by atoms with Crippen molar-refractivity contribution in [3.8, 4) is 0 Å². The maximum Gasteiger partial charge on any atom is 0.227 e. The van der Waals surface area contributed by atoms with Crippen molar-refractivity contribution < 1.29 is 13.6 Å². The Labute approximate surface area is 98.2 Å². The third-order valence-corrected chi connectivity index (χ3v) is 3.03. The molecule has 0 saturated carbocycles. The molecule has 2 N–H and O–H groups in total. The van der Waals surface area contributed by atoms with Gasteiger partial charge in [-0.25, -0.2) is 8.78 Å². The quantitative estimate of drug-likeness (QED) is 0.854. The van der Waals surface area contributed by atoms with Crippen molar-refractivity contribution in [1.82, 2.24) is 4.90 Å². The van der Waals surface area contributed by atoms with Crippen LogP contribution in [0.1, 0.15) is 5.56 Å². The van der Waals surface area contributed by atoms with E-state index >= 15 is 0 Å². The standard InChI is InChI=1S/C12H14F2N2O/c13-10-2-1-3-11(14)9(10)4-12(17)16-6-8(5-15)7-16/h1-3,8H,4-7,15H2. The summed E-state index contributed by atoms with van der Waals surface area (Å²) in [6.07, 6.45) is -0.226. The summed E-state index contributed by atoms with van der Waals surface area (Å²) in [5.41, 5.74) is 5.28. The minimum atomic E-state index is -0.672. The first-order valence-corrected chi connectivity index (χ1v) is 5.52. The van der Waals surface area contributed by atoms with Gasteiger partial charge in [-0.15, -0.1) is 0 Å². The molecule has 0 aliphatic carbocycles. The SMILES string of the molecule is NCC1CN(C(=O)Cc2c(F)cccc2F)C1. The topological polar surface area (TPSA) is 46.3 Å². The largest absolute Gasteiger partial charge is 0.342 e. The van der Waals surface area contributed by atoms with E-state index in [1.807, 2.05) is 0 Å². The van der Waals surface area contributed by atoms with Crippen LogP contribution in [0.4, 0.5) is 8.78 Å². The molecule has 0 aromatic heterocycles. The first-order chi connectivity index (χ1) is 8.11. The Morgan fingerprint density at radius 3 is 2.47 bits per heavy atom. The normalized spacial score (nSPS) is 15.8. The molecule has 5 heteroatoms. The molecule has 1 saturated heterocycles. The van der Waals surface area contributed by atoms with E-state index in [0.717, 1.165) is 12.1 Å². The van der Waals surface area contributed by atoms with Crippen molar-refractivity contribution in [2.45, 2.75) is 6.42 Å². The molecule has 0 atom stereocenters. The van der Waals surface area contributed by atoms with Crippen molar-refractivity contribution in [3.05, 3.63) is 35.4 Å². The minimum absolute atomic E-state index is 0.159. The van der Waals surface area contributed by atoms with Crippen LogP contribution in [0.5, 0.6) is 0 Å². The molecule has 1 aliphatic rings. The van der Waals surface area contributed by atoms with Gasteiger partial charge in [0.1, 0.15) is 11.6 Å². The zero-order valence-electron chi connectivity index (χ0n) is 9.33. The highest BCUT2D eigenvalue weighted by Crippen LogP contribution is 2.18. The van der Waals surface area contributed by atoms with E-state index in [9.17, 15) is 13.6 Å². The predicted molar refractivity (Wildman–Crippen MR) is 59.2 cm³/mol. The molecule has 17 heavy (non-hydrogen) atoms. The van der Waals surface area contributed by atoms with Gasteiger partial charge in [0.05, 0.1) is 6.42 Å². The zero-order chi connectivity index (χ0) is 12.4. The summed E-state index contributed by atoms with van der Waals surface area (Å²) in [6.45, 7) is 1.72. The van der Waals surface area contributed by atoms with E-state index in [2.05, 4.69) is 0 Å². The summed E-state index contributed by atoms with van der Waals surface area (Å²) in [6, 6.07) is 3.60. The molecule has 0 unspecified atom stereocenters. The second-order valence-electron chi connectivity index (χ2n) is 4.28. The smallest absolute Gasteiger partial charge is 0.227 e. The maximum absolute atomic E-state index is 13.3. The number of likely N-dealkylation sites (tertiary alicyclic amines) is 1. The highest BCUT2D eigenvalue weighted by molar-refractivity contribution is 5.79. The number of carbonyl (C=O) groups excluding carboxylic acids is 1. The van der Waals surface area contributed by atoms with Gasteiger partial charge in [-0.2, -0.15) is 0 Å². The molecule has 2 rings (SSSR count). The Kier molecular flexibility index (Phi) is 3.38. The third-order valence-electron chi connectivity index (χ3n) is 3.03. The predicted octanol–water partition coefficient (Wildman–Crippen LogP) is 0.924. The van der Waals surface area contributed by atoms with Crippen LogP contribution in [0.3, 0.4) is 0 Å². The fourth-order valence-electron chi connectivity index (χ4n) is 1.89. The molecule has 1 amide bonds. The summed E-state index contributed by atoms with van der Waals surface area (Å²) in [7, 11) is 0. The average Bonchev–Trinajstić information content (AvgIpc) is 2.22. The van der Waals surface area contributed by atoms with Crippen LogP contribution in [0, 0.1) is 17.6 Å². The fraction of sp³-hybridized carbons (Fsp3) is 0.417. The molecular formula is C12H14F2N2O. The Hall–Kier alpha value is -1.49. The molecular weight excluding hydrogens is 226 g/mol. The van der Waals surface area contributed by atoms with E-state index in [4.69, 9.17) is 5.73 Å². The summed E-state index contributed by atoms with van der Waals surface area (Å²) in [5.74, 6) is -1.27. The molecule has 3 nitrogen and oxygen atoms in total. The number of rotatable bonds is 3. The number of hydrogen-bond acceptors (Lipinski definition) is 2. The first-order valence-electron chi connectivity index (χ1n) is 5.52. The van der Waals surface area contributed by atoms with Gasteiger partial charge in [0.2, 0.25) is 5.91 Å². The Morgan fingerprint density at radius 1 is 1.35 bits per heavy atom. The van der Waals surface area contributed by atoms with E-state index in [-0.39, 0.29) is 17.9 Å². The molecule has 1 heterocycles. The Balaban J connectivity index is 2.00. The van der Waals surface area contributed by atoms with Gasteiger partial charge in [-0.3, -0.25) is 4.79 Å². The molecule has 1 aliphatic heterocycles. The lowest BCUT2D eigenvalue weighted by atomic mass is 9.99. The second kappa shape index (κ2) is 4.79. The number of carbonyl (C=O) groups is 1. The lowest BCUT2D eigenvalue weighted by molar-refractivity contribution is -0.136. The van der Waals surface area contributed by atoms with Crippen LogP contribution in [0.25, 0.3) is 0 Å². The summed E-state index contributed by atoms with van der Waals surface area (Å²) in [5, 5.41) is 0. The van der Waals surface area contributed by atoms with Crippen molar-refractivity contribution >= 4 is 5.91 Å². The first kappa shape index (κ1) is 12.0. The highest BCUT2D eigenvalue weighted by Gasteiger charge is 2.30. The molecule has 0 radical (unpaired) electrons. The second-order valence-corrected chi connectivity index (χ2v) is 4.28. The Morgan fingerprint density at radius 2 is 1.94 bits per heavy atom. The van der Waals surface area contributed by atoms with Crippen LogP contribution in [0.15, 0.2) is 18.2 Å². The Bertz CT molecular complexity index is 410. The van der Waals surface area contributed by atoms with Gasteiger partial charge in [0, 0.05) is 24.6 Å². The van der Waals surface area contributed by atoms with E-state index in [1.165, 1.54) is 6.07 Å². The zero-order valence-corrected chi connectivity index (χ0v) is 9.33. The number of halogens is 2. The fourth-order valence-corrected chi connectivity index (χ4v) is 1.89. The molecule has 1 aromatic carbocycles. The van der Waals surface area contributed by atoms with Crippen LogP contribution in [-0.4, -0.2) is 30.4 Å². The van der Waals surface area contributed by atoms with E-state index < -0.39 is 11.6 Å². The monoisotopic (exact) mass is 240 g/mol.